The van der Waals surface area contributed by atoms with Crippen LogP contribution >= 0.6 is 0 Å². The molecule has 9 rings (SSSR count). The third kappa shape index (κ3) is 21.0. The average Bonchev–Trinajstić information content (AvgIpc) is 0.774. The third-order valence-electron chi connectivity index (χ3n) is 20.7. The van der Waals surface area contributed by atoms with E-state index in [-0.39, 0.29) is 13.2 Å². The zero-order valence-electron chi connectivity index (χ0n) is 62.0. The molecular formula is C64H108N4O46. The number of methoxy groups -OCH3 is 2. The summed E-state index contributed by atoms with van der Waals surface area (Å²) in [5, 5.41) is 268. The Labute approximate surface area is 647 Å². The summed E-state index contributed by atoms with van der Waals surface area (Å²) >= 11 is 0. The van der Waals surface area contributed by atoms with Crippen molar-refractivity contribution in [3.8, 4) is 0 Å². The summed E-state index contributed by atoms with van der Waals surface area (Å²) in [6.07, 6.45) is -83.4. The first-order valence-electron chi connectivity index (χ1n) is 36.4. The molecule has 45 atom stereocenters. The summed E-state index contributed by atoms with van der Waals surface area (Å²) in [4.78, 5) is 51.1. The van der Waals surface area contributed by atoms with Gasteiger partial charge in [-0.2, -0.15) is 0 Å². The van der Waals surface area contributed by atoms with Crippen LogP contribution in [-0.2, 0) is 109 Å². The summed E-state index contributed by atoms with van der Waals surface area (Å²) in [7, 11) is 2.44. The van der Waals surface area contributed by atoms with Gasteiger partial charge >= 0.3 is 0 Å². The molecule has 0 aromatic heterocycles. The lowest BCUT2D eigenvalue weighted by molar-refractivity contribution is -0.399. The Morgan fingerprint density at radius 3 is 0.860 bits per heavy atom. The minimum absolute atomic E-state index is 0.362. The van der Waals surface area contributed by atoms with Crippen LogP contribution in [0.1, 0.15) is 27.7 Å². The van der Waals surface area contributed by atoms with E-state index < -0.39 is 346 Å². The third-order valence-corrected chi connectivity index (χ3v) is 20.7. The number of hydrogen-bond donors (Lipinski definition) is 27. The molecule has 50 heteroatoms. The van der Waals surface area contributed by atoms with Crippen molar-refractivity contribution >= 4 is 23.6 Å². The van der Waals surface area contributed by atoms with Crippen LogP contribution in [0.25, 0.3) is 0 Å². The summed E-state index contributed by atoms with van der Waals surface area (Å²) in [6.45, 7) is -4.70. The van der Waals surface area contributed by atoms with Crippen molar-refractivity contribution < 1.29 is 227 Å². The first-order valence-corrected chi connectivity index (χ1v) is 36.4. The number of rotatable bonds is 31. The van der Waals surface area contributed by atoms with Crippen molar-refractivity contribution in [3.05, 3.63) is 0 Å². The van der Waals surface area contributed by atoms with E-state index >= 15 is 0 Å². The molecule has 27 N–H and O–H groups in total. The molecule has 9 heterocycles. The monoisotopic (exact) mass is 1670 g/mol. The summed E-state index contributed by atoms with van der Waals surface area (Å²) in [6, 6.07) is -7.36. The predicted molar refractivity (Wildman–Crippen MR) is 353 cm³/mol. The van der Waals surface area contributed by atoms with Crippen LogP contribution in [0.5, 0.6) is 0 Å². The van der Waals surface area contributed by atoms with Crippen molar-refractivity contribution in [1.29, 1.82) is 0 Å². The van der Waals surface area contributed by atoms with Gasteiger partial charge in [0.25, 0.3) is 0 Å². The number of hydrogen-bond acceptors (Lipinski definition) is 46. The molecule has 0 saturated carbocycles. The molecule has 9 fully saturated rings. The van der Waals surface area contributed by atoms with Crippen LogP contribution in [0.4, 0.5) is 0 Å². The summed E-state index contributed by atoms with van der Waals surface area (Å²) < 4.78 is 112. The Morgan fingerprint density at radius 1 is 0.246 bits per heavy atom. The zero-order chi connectivity index (χ0) is 83.9. The normalized spacial score (nSPS) is 48.3. The highest BCUT2D eigenvalue weighted by Crippen LogP contribution is 2.40. The maximum atomic E-state index is 13.0. The fourth-order valence-corrected chi connectivity index (χ4v) is 14.8. The first-order chi connectivity index (χ1) is 54.0. The highest BCUT2D eigenvalue weighted by Gasteiger charge is 2.61. The second-order valence-electron chi connectivity index (χ2n) is 28.7. The molecule has 660 valence electrons. The van der Waals surface area contributed by atoms with Crippen molar-refractivity contribution in [1.82, 2.24) is 21.3 Å². The molecule has 114 heavy (non-hydrogen) atoms. The first kappa shape index (κ1) is 94.1. The lowest BCUT2D eigenvalue weighted by atomic mass is 9.93. The molecule has 0 aliphatic carbocycles. The minimum Gasteiger partial charge on any atom is -0.394 e. The van der Waals surface area contributed by atoms with Gasteiger partial charge < -0.3 is 229 Å². The smallest absolute Gasteiger partial charge is 0.217 e. The predicted octanol–water partition coefficient (Wildman–Crippen LogP) is -18.7. The standard InChI is InChI=1S/C64H108N4O46/c1-16(75)65-29-38(84)49(22(9-71)99-56(29)95)108-57-30(66-17(2)76)39(85)52(25(12-74)102-57)111-62-48(94)53(112-64-55(45(91)34(80)21(8-70)101-64)114-59-32(68-19(4)78)41(87)51(24(11-73)104-59)110-61-47(93)43(89)36(82)27(106-61)14-97-6)37(83)28(107-62)15-98-63-54(44(90)33(79)20(7-69)100-63)113-58-31(67-18(3)77)40(86)50(23(10-72)103-58)109-60-46(92)42(88)35(81)26(105-60)13-96-5/h20-64,69-74,79-95H,7-15H2,1-6H3,(H,65,75)(H,66,76)(H,67,77)(H,68,78)/t20-,21-,22-,23-,24-,25-,26-,27-,28-,29-,30-,31-,32-,33-,34-,35+,36+,37-,38-,39-,40-,41-,42+,43+,44+,45+,46-,47-,48+,49-,50-,51-,52-,53+,54+,55+,56-,57-,58-,59-,60+,61-,62+,63+,64-/m1/s1. The quantitative estimate of drug-likeness (QED) is 0.0306. The fourth-order valence-electron chi connectivity index (χ4n) is 14.8. The van der Waals surface area contributed by atoms with Gasteiger partial charge in [0.15, 0.2) is 56.6 Å². The fraction of sp³-hybridized carbons (Fsp3) is 0.938. The Morgan fingerprint density at radius 2 is 0.509 bits per heavy atom. The van der Waals surface area contributed by atoms with Crippen LogP contribution in [0, 0.1) is 0 Å². The highest BCUT2D eigenvalue weighted by molar-refractivity contribution is 5.74. The van der Waals surface area contributed by atoms with E-state index in [2.05, 4.69) is 21.3 Å². The van der Waals surface area contributed by atoms with E-state index in [0.717, 1.165) is 27.7 Å². The van der Waals surface area contributed by atoms with Gasteiger partial charge in [0, 0.05) is 41.9 Å². The van der Waals surface area contributed by atoms with Crippen LogP contribution < -0.4 is 21.3 Å². The van der Waals surface area contributed by atoms with Crippen molar-refractivity contribution in [3.63, 3.8) is 0 Å². The maximum absolute atomic E-state index is 13.0. The van der Waals surface area contributed by atoms with Gasteiger partial charge in [-0.15, -0.1) is 0 Å². The Bertz CT molecular complexity index is 3010. The molecule has 0 spiro atoms. The number of amides is 4. The maximum Gasteiger partial charge on any atom is 0.217 e. The summed E-state index contributed by atoms with van der Waals surface area (Å²) in [5.74, 6) is -3.56. The van der Waals surface area contributed by atoms with Crippen LogP contribution in [-0.4, -0.2) is 491 Å². The van der Waals surface area contributed by atoms with Gasteiger partial charge in [-0.05, 0) is 0 Å². The van der Waals surface area contributed by atoms with E-state index in [1.165, 1.54) is 14.2 Å². The molecular weight excluding hydrogens is 1560 g/mol. The van der Waals surface area contributed by atoms with E-state index in [1.807, 2.05) is 0 Å². The second kappa shape index (κ2) is 41.6. The molecule has 4 amide bonds. The molecule has 0 unspecified atom stereocenters. The van der Waals surface area contributed by atoms with E-state index in [4.69, 9.17) is 90.0 Å². The Kier molecular flexibility index (Phi) is 34.4. The molecule has 0 aromatic carbocycles. The molecule has 9 saturated heterocycles. The topological polar surface area (TPSA) is 757 Å². The lowest BCUT2D eigenvalue weighted by Gasteiger charge is -2.51. The van der Waals surface area contributed by atoms with Gasteiger partial charge in [0.05, 0.1) is 59.5 Å². The van der Waals surface area contributed by atoms with Gasteiger partial charge in [-0.25, -0.2) is 0 Å². The van der Waals surface area contributed by atoms with Gasteiger partial charge in [0.1, 0.15) is 219 Å². The van der Waals surface area contributed by atoms with Crippen molar-refractivity contribution in [2.75, 3.05) is 73.7 Å². The Balaban J connectivity index is 1.05. The molecule has 9 aliphatic rings. The van der Waals surface area contributed by atoms with E-state index in [9.17, 15) is 137 Å². The number of aliphatic hydroxyl groups is 23. The molecule has 50 nitrogen and oxygen atoms in total. The molecule has 9 aliphatic heterocycles. The van der Waals surface area contributed by atoms with E-state index in [1.54, 1.807) is 0 Å². The SMILES string of the molecule is COC[C@H]1O[C@@H](O[C@H]2[C@H](O)[C@@H](NC(C)=O)[C@@H](O[C@@H]3[C@@H](OC[C@H]4O[C@@H](O[C@H]5[C@H](O)[C@@H](NC(C)=O)[C@@H](O[C@H]6[C@H](O)[C@@H](NC(C)=O)[C@H](O)O[C@@H]6CO)O[C@@H]5CO)[C@@H](O)[C@@H](O[C@H]5O[C@H](CO)[C@@H](O)[C@H](O)[C@@H]5O[C@H]5O[C@H](CO)[C@@H](O[C@H]6O[C@H](COC)[C@H](O)[C@H](O)[C@H]6O)[C@H](O)[C@H]5NC(C)=O)[C@@H]4O)O[C@H](CO)[C@@H](O)[C@@H]3O)O[C@@H]2CO)[C@H](O)[C@@H](O)[C@H]1O. The highest BCUT2D eigenvalue weighted by atomic mass is 16.8. The zero-order valence-corrected chi connectivity index (χ0v) is 62.0. The molecule has 0 aromatic rings. The number of carbonyl (C=O) groups is 4. The molecule has 0 radical (unpaired) electrons. The van der Waals surface area contributed by atoms with Gasteiger partial charge in [-0.3, -0.25) is 19.2 Å². The average molecular weight is 1670 g/mol. The van der Waals surface area contributed by atoms with Crippen molar-refractivity contribution in [2.24, 2.45) is 0 Å². The number of ether oxygens (including phenoxy) is 19. The van der Waals surface area contributed by atoms with Crippen LogP contribution in [0.2, 0.25) is 0 Å². The molecule has 0 bridgehead atoms. The van der Waals surface area contributed by atoms with Crippen LogP contribution in [0.15, 0.2) is 0 Å². The lowest BCUT2D eigenvalue weighted by Crippen LogP contribution is -2.71. The Hall–Kier alpha value is -3.80. The largest absolute Gasteiger partial charge is 0.394 e. The summed E-state index contributed by atoms with van der Waals surface area (Å²) in [5.41, 5.74) is 0. The van der Waals surface area contributed by atoms with E-state index in [0.29, 0.717) is 0 Å². The van der Waals surface area contributed by atoms with Gasteiger partial charge in [0.2, 0.25) is 23.6 Å². The second-order valence-corrected chi connectivity index (χ2v) is 28.7. The van der Waals surface area contributed by atoms with Crippen LogP contribution in [0.3, 0.4) is 0 Å². The minimum atomic E-state index is -2.56. The van der Waals surface area contributed by atoms with Crippen molar-refractivity contribution in [2.45, 2.75) is 304 Å². The number of aliphatic hydroxyl groups excluding tert-OH is 23. The number of carbonyl (C=O) groups excluding carboxylic acids is 4. The van der Waals surface area contributed by atoms with Gasteiger partial charge in [-0.1, -0.05) is 0 Å². The number of nitrogens with one attached hydrogen (secondary N) is 4.